The number of rotatable bonds is 5. The molecule has 1 aromatic rings. The van der Waals surface area contributed by atoms with Crippen molar-refractivity contribution in [2.45, 2.75) is 45.8 Å². The molecule has 2 nitrogen and oxygen atoms in total. The molecule has 3 heteroatoms. The Morgan fingerprint density at radius 3 is 2.38 bits per heavy atom. The molecule has 1 unspecified atom stereocenters. The summed E-state index contributed by atoms with van der Waals surface area (Å²) in [6.07, 6.45) is 2.21. The fourth-order valence-electron chi connectivity index (χ4n) is 1.53. The number of ether oxygens (including phenoxy) is 1. The molecule has 0 aromatic heterocycles. The van der Waals surface area contributed by atoms with Crippen LogP contribution in [0, 0.1) is 0 Å². The lowest BCUT2D eigenvalue weighted by atomic mass is 10.1. The average molecular weight is 242 g/mol. The number of hydrogen-bond donors (Lipinski definition) is 1. The van der Waals surface area contributed by atoms with Crippen LogP contribution in [-0.4, -0.2) is 6.10 Å². The Kier molecular flexibility index (Phi) is 5.10. The third kappa shape index (κ3) is 3.39. The molecular weight excluding hydrogens is 222 g/mol. The van der Waals surface area contributed by atoms with E-state index in [-0.39, 0.29) is 12.1 Å². The minimum Gasteiger partial charge on any atom is -0.489 e. The lowest BCUT2D eigenvalue weighted by molar-refractivity contribution is 0.193. The summed E-state index contributed by atoms with van der Waals surface area (Å²) in [7, 11) is 0. The van der Waals surface area contributed by atoms with E-state index in [1.807, 2.05) is 25.1 Å². The van der Waals surface area contributed by atoms with Gasteiger partial charge in [-0.05, 0) is 37.5 Å². The van der Waals surface area contributed by atoms with E-state index in [9.17, 15) is 0 Å². The maximum absolute atomic E-state index is 6.15. The van der Waals surface area contributed by atoms with Crippen molar-refractivity contribution in [2.24, 2.45) is 5.73 Å². The SMILES string of the molecule is CCC(CC)Oc1ccc(C(C)N)cc1Cl. The smallest absolute Gasteiger partial charge is 0.138 e. The first-order valence-electron chi connectivity index (χ1n) is 5.80. The fraction of sp³-hybridized carbons (Fsp3) is 0.538. The van der Waals surface area contributed by atoms with E-state index in [4.69, 9.17) is 22.1 Å². The van der Waals surface area contributed by atoms with E-state index in [1.165, 1.54) is 0 Å². The van der Waals surface area contributed by atoms with Gasteiger partial charge < -0.3 is 10.5 Å². The normalized spacial score (nSPS) is 12.9. The van der Waals surface area contributed by atoms with Gasteiger partial charge in [0.05, 0.1) is 11.1 Å². The van der Waals surface area contributed by atoms with Gasteiger partial charge in [-0.2, -0.15) is 0 Å². The minimum absolute atomic E-state index is 0.000280. The third-order valence-corrected chi connectivity index (χ3v) is 2.98. The van der Waals surface area contributed by atoms with Crippen molar-refractivity contribution >= 4 is 11.6 Å². The summed E-state index contributed by atoms with van der Waals surface area (Å²) in [5, 5.41) is 0.640. The van der Waals surface area contributed by atoms with Crippen LogP contribution in [0.25, 0.3) is 0 Å². The molecule has 0 saturated heterocycles. The Bertz CT molecular complexity index is 335. The van der Waals surface area contributed by atoms with Crippen molar-refractivity contribution in [1.82, 2.24) is 0 Å². The summed E-state index contributed by atoms with van der Waals surface area (Å²) >= 11 is 6.15. The highest BCUT2D eigenvalue weighted by molar-refractivity contribution is 6.32. The van der Waals surface area contributed by atoms with Gasteiger partial charge in [-0.1, -0.05) is 31.5 Å². The van der Waals surface area contributed by atoms with Crippen molar-refractivity contribution in [3.8, 4) is 5.75 Å². The van der Waals surface area contributed by atoms with Gasteiger partial charge in [0.25, 0.3) is 0 Å². The highest BCUT2D eigenvalue weighted by Gasteiger charge is 2.10. The summed E-state index contributed by atoms with van der Waals surface area (Å²) in [5.41, 5.74) is 6.82. The van der Waals surface area contributed by atoms with Gasteiger partial charge in [-0.3, -0.25) is 0 Å². The first-order chi connectivity index (χ1) is 7.58. The van der Waals surface area contributed by atoms with Crippen molar-refractivity contribution in [3.63, 3.8) is 0 Å². The number of halogens is 1. The zero-order valence-electron chi connectivity index (χ0n) is 10.2. The second-order valence-corrected chi connectivity index (χ2v) is 4.44. The molecule has 0 bridgehead atoms. The van der Waals surface area contributed by atoms with Gasteiger partial charge >= 0.3 is 0 Å². The molecule has 0 radical (unpaired) electrons. The van der Waals surface area contributed by atoms with E-state index in [0.29, 0.717) is 5.02 Å². The Hall–Kier alpha value is -0.730. The average Bonchev–Trinajstić information content (AvgIpc) is 2.27. The van der Waals surface area contributed by atoms with E-state index in [2.05, 4.69) is 13.8 Å². The summed E-state index contributed by atoms with van der Waals surface area (Å²) < 4.78 is 5.81. The molecule has 0 aliphatic heterocycles. The summed E-state index contributed by atoms with van der Waals surface area (Å²) in [6, 6.07) is 5.75. The van der Waals surface area contributed by atoms with Crippen LogP contribution in [0.2, 0.25) is 5.02 Å². The van der Waals surface area contributed by atoms with Gasteiger partial charge in [0, 0.05) is 6.04 Å². The van der Waals surface area contributed by atoms with Crippen LogP contribution in [0.4, 0.5) is 0 Å². The van der Waals surface area contributed by atoms with E-state index in [0.717, 1.165) is 24.2 Å². The number of hydrogen-bond acceptors (Lipinski definition) is 2. The van der Waals surface area contributed by atoms with Gasteiger partial charge in [-0.25, -0.2) is 0 Å². The van der Waals surface area contributed by atoms with Crippen molar-refractivity contribution < 1.29 is 4.74 Å². The second kappa shape index (κ2) is 6.12. The molecule has 16 heavy (non-hydrogen) atoms. The van der Waals surface area contributed by atoms with E-state index in [1.54, 1.807) is 0 Å². The van der Waals surface area contributed by atoms with Crippen molar-refractivity contribution in [3.05, 3.63) is 28.8 Å². The first kappa shape index (κ1) is 13.3. The molecule has 1 rings (SSSR count). The molecule has 90 valence electrons. The monoisotopic (exact) mass is 241 g/mol. The molecule has 0 fully saturated rings. The molecule has 1 atom stereocenters. The zero-order chi connectivity index (χ0) is 12.1. The van der Waals surface area contributed by atoms with E-state index >= 15 is 0 Å². The standard InChI is InChI=1S/C13H20ClNO/c1-4-11(5-2)16-13-7-6-10(9(3)15)8-12(13)14/h6-9,11H,4-5,15H2,1-3H3. The van der Waals surface area contributed by atoms with E-state index < -0.39 is 0 Å². The third-order valence-electron chi connectivity index (χ3n) is 2.69. The maximum Gasteiger partial charge on any atom is 0.138 e. The Balaban J connectivity index is 2.82. The quantitative estimate of drug-likeness (QED) is 0.848. The molecule has 2 N–H and O–H groups in total. The molecule has 1 aromatic carbocycles. The summed E-state index contributed by atoms with van der Waals surface area (Å²) in [5.74, 6) is 0.750. The molecule has 0 aliphatic rings. The predicted octanol–water partition coefficient (Wildman–Crippen LogP) is 3.93. The van der Waals surface area contributed by atoms with Crippen LogP contribution in [0.1, 0.15) is 45.2 Å². The Morgan fingerprint density at radius 1 is 1.31 bits per heavy atom. The van der Waals surface area contributed by atoms with Gasteiger partial charge in [0.1, 0.15) is 5.75 Å². The predicted molar refractivity (Wildman–Crippen MR) is 69.1 cm³/mol. The van der Waals surface area contributed by atoms with Crippen molar-refractivity contribution in [2.75, 3.05) is 0 Å². The van der Waals surface area contributed by atoms with Crippen LogP contribution in [-0.2, 0) is 0 Å². The topological polar surface area (TPSA) is 35.2 Å². The van der Waals surface area contributed by atoms with Crippen LogP contribution in [0.5, 0.6) is 5.75 Å². The maximum atomic E-state index is 6.15. The fourth-order valence-corrected chi connectivity index (χ4v) is 1.76. The van der Waals surface area contributed by atoms with Gasteiger partial charge in [0.2, 0.25) is 0 Å². The lowest BCUT2D eigenvalue weighted by Crippen LogP contribution is -2.14. The molecule has 0 amide bonds. The Morgan fingerprint density at radius 2 is 1.94 bits per heavy atom. The van der Waals surface area contributed by atoms with Gasteiger partial charge in [0.15, 0.2) is 0 Å². The molecule has 0 aliphatic carbocycles. The van der Waals surface area contributed by atoms with Gasteiger partial charge in [-0.15, -0.1) is 0 Å². The molecule has 0 heterocycles. The summed E-state index contributed by atoms with van der Waals surface area (Å²) in [6.45, 7) is 6.16. The Labute approximate surface area is 103 Å². The molecular formula is C13H20ClNO. The lowest BCUT2D eigenvalue weighted by Gasteiger charge is -2.17. The second-order valence-electron chi connectivity index (χ2n) is 4.03. The summed E-state index contributed by atoms with van der Waals surface area (Å²) in [4.78, 5) is 0. The van der Waals surface area contributed by atoms with Crippen LogP contribution >= 0.6 is 11.6 Å². The van der Waals surface area contributed by atoms with Crippen LogP contribution in [0.3, 0.4) is 0 Å². The first-order valence-corrected chi connectivity index (χ1v) is 6.17. The number of benzene rings is 1. The number of nitrogens with two attached hydrogens (primary N) is 1. The van der Waals surface area contributed by atoms with Crippen LogP contribution in [0.15, 0.2) is 18.2 Å². The van der Waals surface area contributed by atoms with Crippen LogP contribution < -0.4 is 10.5 Å². The molecule has 0 spiro atoms. The molecule has 0 saturated carbocycles. The largest absolute Gasteiger partial charge is 0.489 e. The highest BCUT2D eigenvalue weighted by atomic mass is 35.5. The van der Waals surface area contributed by atoms with Crippen molar-refractivity contribution in [1.29, 1.82) is 0 Å². The minimum atomic E-state index is -0.000280. The zero-order valence-corrected chi connectivity index (χ0v) is 10.9. The highest BCUT2D eigenvalue weighted by Crippen LogP contribution is 2.28.